The Balaban J connectivity index is 1.77. The molecular formula is C22H19FN2O5S. The van der Waals surface area contributed by atoms with Crippen molar-refractivity contribution in [2.75, 3.05) is 25.6 Å². The maximum absolute atomic E-state index is 13.0. The molecule has 0 unspecified atom stereocenters. The highest BCUT2D eigenvalue weighted by Crippen LogP contribution is 2.37. The molecule has 1 heterocycles. The monoisotopic (exact) mass is 442 g/mol. The lowest BCUT2D eigenvalue weighted by atomic mass is 10.1. The van der Waals surface area contributed by atoms with Crippen LogP contribution in [0, 0.1) is 5.82 Å². The summed E-state index contributed by atoms with van der Waals surface area (Å²) in [5.74, 6) is -0.740. The smallest absolute Gasteiger partial charge is 0.294 e. The number of benzene rings is 2. The van der Waals surface area contributed by atoms with Crippen LogP contribution in [0.4, 0.5) is 14.9 Å². The number of halogens is 1. The number of nitrogens with one attached hydrogen (secondary N) is 1. The maximum atomic E-state index is 13.0. The Hall–Kier alpha value is -3.59. The predicted molar refractivity (Wildman–Crippen MR) is 116 cm³/mol. The van der Waals surface area contributed by atoms with Crippen molar-refractivity contribution in [2.45, 2.75) is 0 Å². The molecule has 1 N–H and O–H groups in total. The minimum absolute atomic E-state index is 0.149. The molecule has 0 saturated carbocycles. The Labute approximate surface area is 182 Å². The Morgan fingerprint density at radius 3 is 2.65 bits per heavy atom. The van der Waals surface area contributed by atoms with Gasteiger partial charge in [0.25, 0.3) is 11.1 Å². The molecule has 0 atom stereocenters. The molecule has 9 heteroatoms. The van der Waals surface area contributed by atoms with E-state index in [0.29, 0.717) is 22.7 Å². The van der Waals surface area contributed by atoms with Crippen LogP contribution in [0.25, 0.3) is 6.08 Å². The van der Waals surface area contributed by atoms with Crippen LogP contribution >= 0.6 is 11.8 Å². The zero-order chi connectivity index (χ0) is 22.4. The van der Waals surface area contributed by atoms with E-state index in [2.05, 4.69) is 11.9 Å². The molecule has 1 saturated heterocycles. The quantitative estimate of drug-likeness (QED) is 0.490. The summed E-state index contributed by atoms with van der Waals surface area (Å²) in [6, 6.07) is 10.3. The van der Waals surface area contributed by atoms with Crippen LogP contribution < -0.4 is 14.8 Å². The Kier molecular flexibility index (Phi) is 7.09. The average molecular weight is 442 g/mol. The third kappa shape index (κ3) is 5.32. The van der Waals surface area contributed by atoms with Crippen LogP contribution in [0.2, 0.25) is 0 Å². The summed E-state index contributed by atoms with van der Waals surface area (Å²) < 4.78 is 23.9. The average Bonchev–Trinajstić information content (AvgIpc) is 3.01. The van der Waals surface area contributed by atoms with E-state index in [0.717, 1.165) is 16.7 Å². The lowest BCUT2D eigenvalue weighted by molar-refractivity contribution is -0.127. The summed E-state index contributed by atoms with van der Waals surface area (Å²) in [4.78, 5) is 38.3. The van der Waals surface area contributed by atoms with Crippen molar-refractivity contribution in [3.05, 3.63) is 71.4 Å². The zero-order valence-corrected chi connectivity index (χ0v) is 17.4. The van der Waals surface area contributed by atoms with Gasteiger partial charge >= 0.3 is 0 Å². The Morgan fingerprint density at radius 1 is 1.23 bits per heavy atom. The van der Waals surface area contributed by atoms with Crippen molar-refractivity contribution in [3.8, 4) is 11.5 Å². The number of hydrogen-bond acceptors (Lipinski definition) is 6. The molecule has 3 rings (SSSR count). The van der Waals surface area contributed by atoms with Crippen molar-refractivity contribution in [1.82, 2.24) is 4.90 Å². The number of amides is 3. The van der Waals surface area contributed by atoms with Crippen molar-refractivity contribution in [1.29, 1.82) is 0 Å². The second-order valence-corrected chi connectivity index (χ2v) is 7.29. The van der Waals surface area contributed by atoms with Gasteiger partial charge in [-0.15, -0.1) is 0 Å². The number of anilines is 1. The highest BCUT2D eigenvalue weighted by atomic mass is 32.2. The van der Waals surface area contributed by atoms with Crippen LogP contribution in [-0.2, 0) is 9.59 Å². The van der Waals surface area contributed by atoms with Gasteiger partial charge in [-0.05, 0) is 48.2 Å². The molecule has 3 amide bonds. The fourth-order valence-corrected chi connectivity index (χ4v) is 3.59. The summed E-state index contributed by atoms with van der Waals surface area (Å²) >= 11 is 0.725. The summed E-state index contributed by atoms with van der Waals surface area (Å²) in [5, 5.41) is 1.96. The molecule has 2 aromatic carbocycles. The number of para-hydroxylation sites is 1. The van der Waals surface area contributed by atoms with Crippen LogP contribution in [0.5, 0.6) is 11.5 Å². The van der Waals surface area contributed by atoms with Gasteiger partial charge in [0, 0.05) is 11.3 Å². The minimum Gasteiger partial charge on any atom is -0.493 e. The van der Waals surface area contributed by atoms with E-state index in [-0.39, 0.29) is 11.5 Å². The second kappa shape index (κ2) is 9.94. The predicted octanol–water partition coefficient (Wildman–Crippen LogP) is 4.07. The second-order valence-electron chi connectivity index (χ2n) is 6.30. The number of ether oxygens (including phenoxy) is 2. The fourth-order valence-electron chi connectivity index (χ4n) is 2.76. The van der Waals surface area contributed by atoms with Gasteiger partial charge in [-0.3, -0.25) is 19.3 Å². The molecule has 160 valence electrons. The van der Waals surface area contributed by atoms with Crippen LogP contribution in [-0.4, -0.2) is 42.2 Å². The van der Waals surface area contributed by atoms with Crippen LogP contribution in [0.3, 0.4) is 0 Å². The number of rotatable bonds is 8. The number of carbonyl (C=O) groups is 3. The van der Waals surface area contributed by atoms with Gasteiger partial charge in [0.05, 0.1) is 12.0 Å². The number of nitrogens with zero attached hydrogens (tertiary/aromatic N) is 1. The number of carbonyl (C=O) groups excluding carboxylic acids is 3. The van der Waals surface area contributed by atoms with Gasteiger partial charge in [-0.25, -0.2) is 4.39 Å². The first kappa shape index (κ1) is 22.1. The maximum Gasteiger partial charge on any atom is 0.294 e. The third-order valence-corrected chi connectivity index (χ3v) is 5.07. The number of thioether (sulfide) groups is 1. The highest BCUT2D eigenvalue weighted by Gasteiger charge is 2.36. The number of imide groups is 1. The molecule has 31 heavy (non-hydrogen) atoms. The molecule has 0 bridgehead atoms. The molecule has 0 aliphatic carbocycles. The summed E-state index contributed by atoms with van der Waals surface area (Å²) in [5.41, 5.74) is 0.900. The number of methoxy groups -OCH3 is 1. The van der Waals surface area contributed by atoms with Gasteiger partial charge in [0.1, 0.15) is 19.0 Å². The summed E-state index contributed by atoms with van der Waals surface area (Å²) in [7, 11) is 1.49. The SMILES string of the molecule is C=CCOc1c(/C=C2\SC(=O)N(CC(=O)Nc3ccc(F)cc3)C2=O)cccc1OC. The molecule has 0 spiro atoms. The largest absolute Gasteiger partial charge is 0.493 e. The molecule has 1 aliphatic heterocycles. The minimum atomic E-state index is -0.596. The van der Waals surface area contributed by atoms with Gasteiger partial charge in [-0.1, -0.05) is 24.8 Å². The van der Waals surface area contributed by atoms with Crippen molar-refractivity contribution in [2.24, 2.45) is 0 Å². The lowest BCUT2D eigenvalue weighted by Crippen LogP contribution is -2.36. The number of hydrogen-bond donors (Lipinski definition) is 1. The van der Waals surface area contributed by atoms with Crippen molar-refractivity contribution >= 4 is 40.6 Å². The lowest BCUT2D eigenvalue weighted by Gasteiger charge is -2.13. The van der Waals surface area contributed by atoms with E-state index < -0.39 is 29.4 Å². The zero-order valence-electron chi connectivity index (χ0n) is 16.6. The van der Waals surface area contributed by atoms with Crippen molar-refractivity contribution < 1.29 is 28.2 Å². The molecule has 0 radical (unpaired) electrons. The first-order valence-corrected chi connectivity index (χ1v) is 9.96. The van der Waals surface area contributed by atoms with Gasteiger partial charge in [-0.2, -0.15) is 0 Å². The normalized spacial score (nSPS) is 14.6. The topological polar surface area (TPSA) is 84.9 Å². The van der Waals surface area contributed by atoms with Gasteiger partial charge in [0.15, 0.2) is 11.5 Å². The highest BCUT2D eigenvalue weighted by molar-refractivity contribution is 8.18. The summed E-state index contributed by atoms with van der Waals surface area (Å²) in [6.45, 7) is 3.38. The molecule has 1 aliphatic rings. The van der Waals surface area contributed by atoms with E-state index in [1.165, 1.54) is 37.5 Å². The van der Waals surface area contributed by atoms with Crippen LogP contribution in [0.15, 0.2) is 60.0 Å². The van der Waals surface area contributed by atoms with E-state index in [9.17, 15) is 18.8 Å². The van der Waals surface area contributed by atoms with Gasteiger partial charge in [0.2, 0.25) is 5.91 Å². The first-order valence-electron chi connectivity index (χ1n) is 9.14. The Morgan fingerprint density at radius 2 is 1.97 bits per heavy atom. The van der Waals surface area contributed by atoms with Gasteiger partial charge < -0.3 is 14.8 Å². The first-order chi connectivity index (χ1) is 14.9. The Bertz CT molecular complexity index is 1050. The van der Waals surface area contributed by atoms with E-state index >= 15 is 0 Å². The summed E-state index contributed by atoms with van der Waals surface area (Å²) in [6.07, 6.45) is 3.09. The third-order valence-electron chi connectivity index (χ3n) is 4.16. The molecule has 1 fully saturated rings. The molecule has 7 nitrogen and oxygen atoms in total. The molecule has 0 aromatic heterocycles. The van der Waals surface area contributed by atoms with E-state index in [1.54, 1.807) is 24.3 Å². The standard InChI is InChI=1S/C22H19FN2O5S/c1-3-11-30-20-14(5-4-6-17(20)29-2)12-18-21(27)25(22(28)31-18)13-19(26)24-16-9-7-15(23)8-10-16/h3-10,12H,1,11,13H2,2H3,(H,24,26)/b18-12-. The van der Waals surface area contributed by atoms with E-state index in [1.807, 2.05) is 0 Å². The molecular weight excluding hydrogens is 423 g/mol. The molecule has 2 aromatic rings. The van der Waals surface area contributed by atoms with E-state index in [4.69, 9.17) is 9.47 Å². The van der Waals surface area contributed by atoms with Crippen LogP contribution in [0.1, 0.15) is 5.56 Å². The fraction of sp³-hybridized carbons (Fsp3) is 0.136. The van der Waals surface area contributed by atoms with Crippen molar-refractivity contribution in [3.63, 3.8) is 0 Å².